The lowest BCUT2D eigenvalue weighted by atomic mass is 9.97. The van der Waals surface area contributed by atoms with Gasteiger partial charge in [-0.15, -0.1) is 0 Å². The molecular formula is C10H20N2O. The normalized spacial score (nSPS) is 24.6. The van der Waals surface area contributed by atoms with Gasteiger partial charge in [0.25, 0.3) is 0 Å². The molecule has 1 fully saturated rings. The number of nitrogens with zero attached hydrogens (tertiary/aromatic N) is 1. The Hall–Kier alpha value is -0.570. The SMILES string of the molecule is CC1CCCN(C(=O)C(C)(C)N)C1. The maximum Gasteiger partial charge on any atom is 0.242 e. The molecule has 0 aromatic rings. The molecule has 76 valence electrons. The summed E-state index contributed by atoms with van der Waals surface area (Å²) in [7, 11) is 0. The molecule has 0 bridgehead atoms. The molecule has 1 heterocycles. The molecule has 0 aliphatic carbocycles. The van der Waals surface area contributed by atoms with Crippen LogP contribution in [0.2, 0.25) is 0 Å². The molecule has 0 aromatic heterocycles. The molecule has 0 saturated carbocycles. The Labute approximate surface area is 80.3 Å². The molecule has 0 aromatic carbocycles. The summed E-state index contributed by atoms with van der Waals surface area (Å²) in [6.45, 7) is 7.48. The smallest absolute Gasteiger partial charge is 0.242 e. The van der Waals surface area contributed by atoms with Crippen molar-refractivity contribution in [1.29, 1.82) is 0 Å². The number of hydrogen-bond donors (Lipinski definition) is 1. The van der Waals surface area contributed by atoms with Crippen molar-refractivity contribution in [2.75, 3.05) is 13.1 Å². The number of amides is 1. The third-order valence-corrected chi connectivity index (χ3v) is 2.50. The highest BCUT2D eigenvalue weighted by Gasteiger charge is 2.30. The summed E-state index contributed by atoms with van der Waals surface area (Å²) in [5, 5.41) is 0. The number of carbonyl (C=O) groups excluding carboxylic acids is 1. The van der Waals surface area contributed by atoms with Crippen LogP contribution in [0.25, 0.3) is 0 Å². The molecule has 1 aliphatic rings. The van der Waals surface area contributed by atoms with E-state index in [1.165, 1.54) is 6.42 Å². The van der Waals surface area contributed by atoms with E-state index in [-0.39, 0.29) is 5.91 Å². The van der Waals surface area contributed by atoms with Crippen LogP contribution in [0.1, 0.15) is 33.6 Å². The summed E-state index contributed by atoms with van der Waals surface area (Å²) < 4.78 is 0. The molecule has 2 N–H and O–H groups in total. The molecule has 1 amide bonds. The third kappa shape index (κ3) is 2.69. The lowest BCUT2D eigenvalue weighted by Crippen LogP contribution is -2.53. The van der Waals surface area contributed by atoms with E-state index in [0.717, 1.165) is 19.5 Å². The molecule has 1 atom stereocenters. The quantitative estimate of drug-likeness (QED) is 0.660. The van der Waals surface area contributed by atoms with Crippen molar-refractivity contribution in [2.24, 2.45) is 11.7 Å². The summed E-state index contributed by atoms with van der Waals surface area (Å²) in [4.78, 5) is 13.7. The Morgan fingerprint density at radius 2 is 2.15 bits per heavy atom. The van der Waals surface area contributed by atoms with E-state index in [1.54, 1.807) is 13.8 Å². The highest BCUT2D eigenvalue weighted by atomic mass is 16.2. The van der Waals surface area contributed by atoms with Crippen LogP contribution in [-0.4, -0.2) is 29.4 Å². The first kappa shape index (κ1) is 10.5. The molecule has 13 heavy (non-hydrogen) atoms. The Kier molecular flexibility index (Phi) is 2.96. The largest absolute Gasteiger partial charge is 0.341 e. The van der Waals surface area contributed by atoms with Gasteiger partial charge >= 0.3 is 0 Å². The van der Waals surface area contributed by atoms with Crippen molar-refractivity contribution in [1.82, 2.24) is 4.90 Å². The van der Waals surface area contributed by atoms with Crippen molar-refractivity contribution in [3.63, 3.8) is 0 Å². The molecule has 1 unspecified atom stereocenters. The van der Waals surface area contributed by atoms with Crippen molar-refractivity contribution < 1.29 is 4.79 Å². The van der Waals surface area contributed by atoms with E-state index in [1.807, 2.05) is 4.90 Å². The highest BCUT2D eigenvalue weighted by molar-refractivity contribution is 5.85. The van der Waals surface area contributed by atoms with Gasteiger partial charge in [0.1, 0.15) is 0 Å². The van der Waals surface area contributed by atoms with E-state index in [0.29, 0.717) is 5.92 Å². The minimum Gasteiger partial charge on any atom is -0.341 e. The zero-order valence-corrected chi connectivity index (χ0v) is 8.84. The minimum atomic E-state index is -0.711. The summed E-state index contributed by atoms with van der Waals surface area (Å²) in [5.41, 5.74) is 5.05. The Bertz CT molecular complexity index is 196. The standard InChI is InChI=1S/C10H20N2O/c1-8-5-4-6-12(7-8)9(13)10(2,3)11/h8H,4-7,11H2,1-3H3. The summed E-state index contributed by atoms with van der Waals surface area (Å²) >= 11 is 0. The van der Waals surface area contributed by atoms with Gasteiger partial charge in [-0.05, 0) is 32.6 Å². The Morgan fingerprint density at radius 1 is 1.54 bits per heavy atom. The molecule has 0 radical (unpaired) electrons. The Morgan fingerprint density at radius 3 is 2.62 bits per heavy atom. The maximum absolute atomic E-state index is 11.8. The fourth-order valence-electron chi connectivity index (χ4n) is 1.78. The van der Waals surface area contributed by atoms with Crippen LogP contribution in [-0.2, 0) is 4.79 Å². The van der Waals surface area contributed by atoms with Crippen LogP contribution in [0, 0.1) is 5.92 Å². The van der Waals surface area contributed by atoms with Gasteiger partial charge in [0.2, 0.25) is 5.91 Å². The monoisotopic (exact) mass is 184 g/mol. The highest BCUT2D eigenvalue weighted by Crippen LogP contribution is 2.17. The summed E-state index contributed by atoms with van der Waals surface area (Å²) in [6, 6.07) is 0. The second-order valence-corrected chi connectivity index (χ2v) is 4.72. The number of hydrogen-bond acceptors (Lipinski definition) is 2. The van der Waals surface area contributed by atoms with Gasteiger partial charge in [0.15, 0.2) is 0 Å². The van der Waals surface area contributed by atoms with E-state index >= 15 is 0 Å². The second kappa shape index (κ2) is 3.66. The van der Waals surface area contributed by atoms with Crippen LogP contribution in [0.4, 0.5) is 0 Å². The van der Waals surface area contributed by atoms with Crippen LogP contribution < -0.4 is 5.73 Å². The number of rotatable bonds is 1. The maximum atomic E-state index is 11.8. The predicted octanol–water partition coefficient (Wildman–Crippen LogP) is 0.982. The first-order chi connectivity index (χ1) is 5.91. The molecule has 1 rings (SSSR count). The van der Waals surface area contributed by atoms with Crippen LogP contribution in [0.5, 0.6) is 0 Å². The molecule has 1 aliphatic heterocycles. The number of piperidine rings is 1. The zero-order valence-electron chi connectivity index (χ0n) is 8.84. The summed E-state index contributed by atoms with van der Waals surface area (Å²) in [5.74, 6) is 0.708. The fraction of sp³-hybridized carbons (Fsp3) is 0.900. The van der Waals surface area contributed by atoms with Crippen molar-refractivity contribution in [2.45, 2.75) is 39.2 Å². The van der Waals surface area contributed by atoms with Crippen LogP contribution in [0.3, 0.4) is 0 Å². The predicted molar refractivity (Wildman–Crippen MR) is 53.2 cm³/mol. The van der Waals surface area contributed by atoms with Crippen molar-refractivity contribution in [3.8, 4) is 0 Å². The topological polar surface area (TPSA) is 46.3 Å². The van der Waals surface area contributed by atoms with Gasteiger partial charge in [-0.25, -0.2) is 0 Å². The van der Waals surface area contributed by atoms with Crippen LogP contribution in [0.15, 0.2) is 0 Å². The number of carbonyl (C=O) groups is 1. The van der Waals surface area contributed by atoms with E-state index in [4.69, 9.17) is 5.73 Å². The second-order valence-electron chi connectivity index (χ2n) is 4.72. The third-order valence-electron chi connectivity index (χ3n) is 2.50. The minimum absolute atomic E-state index is 0.0825. The summed E-state index contributed by atoms with van der Waals surface area (Å²) in [6.07, 6.45) is 2.35. The van der Waals surface area contributed by atoms with E-state index in [9.17, 15) is 4.79 Å². The van der Waals surface area contributed by atoms with Gasteiger partial charge in [-0.3, -0.25) is 4.79 Å². The average molecular weight is 184 g/mol. The van der Waals surface area contributed by atoms with E-state index in [2.05, 4.69) is 6.92 Å². The molecule has 3 nitrogen and oxygen atoms in total. The lowest BCUT2D eigenvalue weighted by molar-refractivity contribution is -0.137. The first-order valence-electron chi connectivity index (χ1n) is 4.99. The van der Waals surface area contributed by atoms with Crippen molar-refractivity contribution >= 4 is 5.91 Å². The molecule has 3 heteroatoms. The van der Waals surface area contributed by atoms with Crippen LogP contribution >= 0.6 is 0 Å². The lowest BCUT2D eigenvalue weighted by Gasteiger charge is -2.35. The zero-order chi connectivity index (χ0) is 10.1. The molecule has 1 saturated heterocycles. The van der Waals surface area contributed by atoms with Gasteiger partial charge in [0.05, 0.1) is 5.54 Å². The molecule has 0 spiro atoms. The first-order valence-corrected chi connectivity index (χ1v) is 4.99. The van der Waals surface area contributed by atoms with Crippen molar-refractivity contribution in [3.05, 3.63) is 0 Å². The average Bonchev–Trinajstić information content (AvgIpc) is 2.01. The molecular weight excluding hydrogens is 164 g/mol. The fourth-order valence-corrected chi connectivity index (χ4v) is 1.78. The van der Waals surface area contributed by atoms with Gasteiger partial charge < -0.3 is 10.6 Å². The Balaban J connectivity index is 2.56. The van der Waals surface area contributed by atoms with E-state index < -0.39 is 5.54 Å². The number of nitrogens with two attached hydrogens (primary N) is 1. The van der Waals surface area contributed by atoms with Gasteiger partial charge in [0, 0.05) is 13.1 Å². The van der Waals surface area contributed by atoms with Gasteiger partial charge in [-0.1, -0.05) is 6.92 Å². The van der Waals surface area contributed by atoms with Gasteiger partial charge in [-0.2, -0.15) is 0 Å². The number of likely N-dealkylation sites (tertiary alicyclic amines) is 1.